The molecular formula is C22H24N2O3. The predicted molar refractivity (Wildman–Crippen MR) is 108 cm³/mol. The highest BCUT2D eigenvalue weighted by molar-refractivity contribution is 5.83. The molecule has 1 aliphatic heterocycles. The minimum Gasteiger partial charge on any atom is -0.506 e. The second-order valence-corrected chi connectivity index (χ2v) is 7.23. The van der Waals surface area contributed by atoms with E-state index in [-0.39, 0.29) is 5.63 Å². The van der Waals surface area contributed by atoms with Gasteiger partial charge in [-0.25, -0.2) is 4.79 Å². The lowest BCUT2D eigenvalue weighted by molar-refractivity contribution is 0.249. The quantitative estimate of drug-likeness (QED) is 0.722. The van der Waals surface area contributed by atoms with Crippen molar-refractivity contribution in [3.05, 3.63) is 69.6 Å². The molecule has 0 radical (unpaired) electrons. The molecule has 1 aliphatic rings. The van der Waals surface area contributed by atoms with Gasteiger partial charge in [-0.3, -0.25) is 4.90 Å². The van der Waals surface area contributed by atoms with Gasteiger partial charge in [0.1, 0.15) is 11.3 Å². The van der Waals surface area contributed by atoms with Crippen molar-refractivity contribution in [3.8, 4) is 5.75 Å². The number of rotatable bonds is 3. The number of anilines is 1. The molecule has 0 saturated carbocycles. The van der Waals surface area contributed by atoms with E-state index in [4.69, 9.17) is 4.42 Å². The van der Waals surface area contributed by atoms with Crippen LogP contribution in [-0.4, -0.2) is 36.2 Å². The van der Waals surface area contributed by atoms with Crippen LogP contribution < -0.4 is 10.5 Å². The summed E-state index contributed by atoms with van der Waals surface area (Å²) in [5, 5.41) is 11.1. The van der Waals surface area contributed by atoms with Gasteiger partial charge in [0.25, 0.3) is 0 Å². The lowest BCUT2D eigenvalue weighted by Gasteiger charge is -2.36. The molecule has 1 aromatic heterocycles. The summed E-state index contributed by atoms with van der Waals surface area (Å²) in [6.45, 7) is 8.18. The third kappa shape index (κ3) is 3.43. The molecule has 3 aromatic rings. The summed E-state index contributed by atoms with van der Waals surface area (Å²) < 4.78 is 5.48. The fourth-order valence-electron chi connectivity index (χ4n) is 3.77. The van der Waals surface area contributed by atoms with Crippen LogP contribution >= 0.6 is 0 Å². The number of phenolic OH excluding ortho intramolecular Hbond substituents is 1. The summed E-state index contributed by atoms with van der Waals surface area (Å²) >= 11 is 0. The number of hydrogen-bond donors (Lipinski definition) is 1. The van der Waals surface area contributed by atoms with E-state index in [0.717, 1.165) is 60.5 Å². The zero-order valence-corrected chi connectivity index (χ0v) is 15.7. The molecule has 2 aromatic carbocycles. The molecule has 27 heavy (non-hydrogen) atoms. The van der Waals surface area contributed by atoms with Crippen LogP contribution in [0.5, 0.6) is 5.75 Å². The van der Waals surface area contributed by atoms with E-state index < -0.39 is 0 Å². The Morgan fingerprint density at radius 2 is 1.78 bits per heavy atom. The molecule has 0 atom stereocenters. The van der Waals surface area contributed by atoms with E-state index in [2.05, 4.69) is 15.9 Å². The van der Waals surface area contributed by atoms with Crippen LogP contribution in [0.1, 0.15) is 16.7 Å². The van der Waals surface area contributed by atoms with Gasteiger partial charge in [0.05, 0.1) is 5.69 Å². The van der Waals surface area contributed by atoms with Crippen molar-refractivity contribution in [1.29, 1.82) is 0 Å². The second-order valence-electron chi connectivity index (χ2n) is 7.23. The van der Waals surface area contributed by atoms with E-state index in [1.165, 1.54) is 0 Å². The molecule has 140 valence electrons. The van der Waals surface area contributed by atoms with Crippen molar-refractivity contribution in [2.45, 2.75) is 20.4 Å². The first-order valence-corrected chi connectivity index (χ1v) is 9.31. The van der Waals surface area contributed by atoms with Crippen LogP contribution in [0.15, 0.2) is 51.7 Å². The molecule has 0 spiro atoms. The molecular weight excluding hydrogens is 340 g/mol. The third-order valence-electron chi connectivity index (χ3n) is 5.51. The van der Waals surface area contributed by atoms with E-state index in [1.807, 2.05) is 38.1 Å². The highest BCUT2D eigenvalue weighted by atomic mass is 16.4. The topological polar surface area (TPSA) is 56.9 Å². The number of piperazine rings is 1. The van der Waals surface area contributed by atoms with E-state index >= 15 is 0 Å². The number of phenols is 1. The Kier molecular flexibility index (Phi) is 4.62. The van der Waals surface area contributed by atoms with Gasteiger partial charge in [0, 0.05) is 44.2 Å². The Morgan fingerprint density at radius 3 is 2.52 bits per heavy atom. The van der Waals surface area contributed by atoms with Crippen molar-refractivity contribution in [1.82, 2.24) is 4.90 Å². The summed E-state index contributed by atoms with van der Waals surface area (Å²) in [6, 6.07) is 13.2. The molecule has 2 heterocycles. The van der Waals surface area contributed by atoms with Crippen LogP contribution in [0.25, 0.3) is 11.0 Å². The summed E-state index contributed by atoms with van der Waals surface area (Å²) in [6.07, 6.45) is 0. The summed E-state index contributed by atoms with van der Waals surface area (Å²) in [7, 11) is 0. The average Bonchev–Trinajstić information content (AvgIpc) is 2.66. The summed E-state index contributed by atoms with van der Waals surface area (Å²) in [5.74, 6) is 0.323. The van der Waals surface area contributed by atoms with Crippen molar-refractivity contribution in [2.24, 2.45) is 0 Å². The van der Waals surface area contributed by atoms with E-state index in [0.29, 0.717) is 11.3 Å². The smallest absolute Gasteiger partial charge is 0.336 e. The highest BCUT2D eigenvalue weighted by Crippen LogP contribution is 2.28. The Balaban J connectivity index is 1.54. The molecule has 0 bridgehead atoms. The number of benzene rings is 2. The van der Waals surface area contributed by atoms with Crippen LogP contribution in [0, 0.1) is 13.8 Å². The molecule has 4 rings (SSSR count). The number of nitrogens with zero attached hydrogens (tertiary/aromatic N) is 2. The minimum absolute atomic E-state index is 0.293. The Bertz CT molecular complexity index is 1030. The van der Waals surface area contributed by atoms with Gasteiger partial charge in [-0.05, 0) is 42.7 Å². The largest absolute Gasteiger partial charge is 0.506 e. The molecule has 1 N–H and O–H groups in total. The maximum Gasteiger partial charge on any atom is 0.336 e. The maximum atomic E-state index is 12.1. The third-order valence-corrected chi connectivity index (χ3v) is 5.51. The number of aryl methyl sites for hydroxylation is 2. The number of para-hydroxylation sites is 2. The van der Waals surface area contributed by atoms with E-state index in [1.54, 1.807) is 12.1 Å². The number of hydrogen-bond acceptors (Lipinski definition) is 5. The first-order chi connectivity index (χ1) is 13.0. The highest BCUT2D eigenvalue weighted by Gasteiger charge is 2.20. The monoisotopic (exact) mass is 364 g/mol. The first-order valence-electron chi connectivity index (χ1n) is 9.31. The molecule has 0 unspecified atom stereocenters. The number of aromatic hydroxyl groups is 1. The normalized spacial score (nSPS) is 15.4. The van der Waals surface area contributed by atoms with Crippen LogP contribution in [0.4, 0.5) is 5.69 Å². The van der Waals surface area contributed by atoms with Crippen LogP contribution in [-0.2, 0) is 6.54 Å². The molecule has 1 saturated heterocycles. The SMILES string of the molecule is Cc1ccc2c(CN3CCN(c4ccccc4O)CC3)cc(=O)oc2c1C. The fraction of sp³-hybridized carbons (Fsp3) is 0.318. The van der Waals surface area contributed by atoms with Gasteiger partial charge >= 0.3 is 5.63 Å². The van der Waals surface area contributed by atoms with Gasteiger partial charge in [-0.2, -0.15) is 0 Å². The van der Waals surface area contributed by atoms with Crippen molar-refractivity contribution in [2.75, 3.05) is 31.1 Å². The zero-order chi connectivity index (χ0) is 19.0. The Labute approximate surface area is 158 Å². The predicted octanol–water partition coefficient (Wildman–Crippen LogP) is 3.44. The van der Waals surface area contributed by atoms with Gasteiger partial charge < -0.3 is 14.4 Å². The molecule has 0 aliphatic carbocycles. The number of fused-ring (bicyclic) bond motifs is 1. The van der Waals surface area contributed by atoms with Gasteiger partial charge in [0.15, 0.2) is 0 Å². The van der Waals surface area contributed by atoms with Crippen molar-refractivity contribution >= 4 is 16.7 Å². The minimum atomic E-state index is -0.293. The van der Waals surface area contributed by atoms with Gasteiger partial charge in [0.2, 0.25) is 0 Å². The van der Waals surface area contributed by atoms with Crippen molar-refractivity contribution < 1.29 is 9.52 Å². The molecule has 5 nitrogen and oxygen atoms in total. The van der Waals surface area contributed by atoms with Gasteiger partial charge in [-0.15, -0.1) is 0 Å². The molecule has 5 heteroatoms. The van der Waals surface area contributed by atoms with E-state index in [9.17, 15) is 9.90 Å². The average molecular weight is 364 g/mol. The zero-order valence-electron chi connectivity index (χ0n) is 15.7. The first kappa shape index (κ1) is 17.6. The van der Waals surface area contributed by atoms with Crippen LogP contribution in [0.3, 0.4) is 0 Å². The lowest BCUT2D eigenvalue weighted by atomic mass is 10.0. The summed E-state index contributed by atoms with van der Waals surface area (Å²) in [4.78, 5) is 16.6. The fourth-order valence-corrected chi connectivity index (χ4v) is 3.77. The Morgan fingerprint density at radius 1 is 1.04 bits per heavy atom. The molecule has 0 amide bonds. The lowest BCUT2D eigenvalue weighted by Crippen LogP contribution is -2.46. The standard InChI is InChI=1S/C22H24N2O3/c1-15-7-8-18-17(13-21(26)27-22(18)16(15)2)14-23-9-11-24(12-10-23)19-5-3-4-6-20(19)25/h3-8,13,25H,9-12,14H2,1-2H3. The second kappa shape index (κ2) is 7.08. The maximum absolute atomic E-state index is 12.1. The van der Waals surface area contributed by atoms with Crippen LogP contribution in [0.2, 0.25) is 0 Å². The van der Waals surface area contributed by atoms with Gasteiger partial charge in [-0.1, -0.05) is 24.3 Å². The summed E-state index contributed by atoms with van der Waals surface area (Å²) in [5.41, 5.74) is 4.45. The Hall–Kier alpha value is -2.79. The van der Waals surface area contributed by atoms with Crippen molar-refractivity contribution in [3.63, 3.8) is 0 Å². The molecule has 1 fully saturated rings.